The number of hydrogen-bond donors (Lipinski definition) is 1. The van der Waals surface area contributed by atoms with Gasteiger partial charge in [-0.2, -0.15) is 0 Å². The van der Waals surface area contributed by atoms with Crippen LogP contribution < -0.4 is 5.73 Å². The second kappa shape index (κ2) is 6.13. The maximum Gasteiger partial charge on any atom is 0.0141 e. The van der Waals surface area contributed by atoms with E-state index in [1.807, 2.05) is 0 Å². The maximum atomic E-state index is 6.10. The molecule has 2 N–H and O–H groups in total. The highest BCUT2D eigenvalue weighted by atomic mass is 15.2. The summed E-state index contributed by atoms with van der Waals surface area (Å²) >= 11 is 0. The summed E-state index contributed by atoms with van der Waals surface area (Å²) in [6.07, 6.45) is 13.0. The van der Waals surface area contributed by atoms with Gasteiger partial charge in [-0.05, 0) is 69.4 Å². The summed E-state index contributed by atoms with van der Waals surface area (Å²) < 4.78 is 0. The zero-order chi connectivity index (χ0) is 13.2. The number of nitrogens with two attached hydrogens (primary N) is 1. The van der Waals surface area contributed by atoms with Gasteiger partial charge in [-0.1, -0.05) is 26.2 Å². The van der Waals surface area contributed by atoms with Crippen molar-refractivity contribution in [1.29, 1.82) is 0 Å². The van der Waals surface area contributed by atoms with Crippen molar-refractivity contribution in [3.05, 3.63) is 0 Å². The molecule has 3 aliphatic rings. The molecule has 0 bridgehead atoms. The van der Waals surface area contributed by atoms with Crippen molar-refractivity contribution in [2.75, 3.05) is 13.1 Å². The molecule has 2 nitrogen and oxygen atoms in total. The molecule has 0 amide bonds. The number of rotatable bonds is 3. The van der Waals surface area contributed by atoms with Gasteiger partial charge in [0.25, 0.3) is 0 Å². The average Bonchev–Trinajstić information content (AvgIpc) is 2.94. The molecule has 0 spiro atoms. The van der Waals surface area contributed by atoms with Gasteiger partial charge in [0.15, 0.2) is 0 Å². The van der Waals surface area contributed by atoms with Crippen LogP contribution in [0.2, 0.25) is 0 Å². The molecule has 3 fully saturated rings. The zero-order valence-electron chi connectivity index (χ0n) is 12.7. The molecule has 3 rings (SSSR count). The van der Waals surface area contributed by atoms with E-state index in [9.17, 15) is 0 Å². The molecule has 2 saturated carbocycles. The van der Waals surface area contributed by atoms with Gasteiger partial charge >= 0.3 is 0 Å². The van der Waals surface area contributed by atoms with Crippen molar-refractivity contribution in [3.63, 3.8) is 0 Å². The van der Waals surface area contributed by atoms with E-state index in [2.05, 4.69) is 11.8 Å². The van der Waals surface area contributed by atoms with Crippen molar-refractivity contribution in [2.24, 2.45) is 23.5 Å². The first-order chi connectivity index (χ1) is 9.33. The SMILES string of the molecule is CCC1CCC(CN)C(N2CCCC3CCCC32)C1. The minimum absolute atomic E-state index is 0.780. The maximum absolute atomic E-state index is 6.10. The fourth-order valence-electron chi connectivity index (χ4n) is 5.25. The van der Waals surface area contributed by atoms with Gasteiger partial charge < -0.3 is 5.73 Å². The monoisotopic (exact) mass is 264 g/mol. The quantitative estimate of drug-likeness (QED) is 0.846. The Labute approximate surface area is 119 Å². The van der Waals surface area contributed by atoms with E-state index in [1.165, 1.54) is 64.3 Å². The van der Waals surface area contributed by atoms with Crippen molar-refractivity contribution in [1.82, 2.24) is 4.90 Å². The van der Waals surface area contributed by atoms with Gasteiger partial charge in [0.2, 0.25) is 0 Å². The van der Waals surface area contributed by atoms with Gasteiger partial charge in [-0.25, -0.2) is 0 Å². The van der Waals surface area contributed by atoms with Crippen LogP contribution in [0.1, 0.15) is 64.7 Å². The number of hydrogen-bond acceptors (Lipinski definition) is 2. The lowest BCUT2D eigenvalue weighted by atomic mass is 9.75. The van der Waals surface area contributed by atoms with Crippen molar-refractivity contribution in [2.45, 2.75) is 76.8 Å². The third-order valence-electron chi connectivity index (χ3n) is 6.41. The normalized spacial score (nSPS) is 44.2. The van der Waals surface area contributed by atoms with Crippen LogP contribution >= 0.6 is 0 Å². The van der Waals surface area contributed by atoms with Gasteiger partial charge in [0.1, 0.15) is 0 Å². The summed E-state index contributed by atoms with van der Waals surface area (Å²) in [5.41, 5.74) is 6.10. The molecular weight excluding hydrogens is 232 g/mol. The summed E-state index contributed by atoms with van der Waals surface area (Å²) in [6, 6.07) is 1.73. The highest BCUT2D eigenvalue weighted by Gasteiger charge is 2.41. The summed E-state index contributed by atoms with van der Waals surface area (Å²) in [5, 5.41) is 0. The van der Waals surface area contributed by atoms with Gasteiger partial charge in [-0.3, -0.25) is 4.90 Å². The van der Waals surface area contributed by atoms with E-state index in [0.717, 1.165) is 36.4 Å². The highest BCUT2D eigenvalue weighted by molar-refractivity contribution is 4.96. The van der Waals surface area contributed by atoms with E-state index >= 15 is 0 Å². The smallest absolute Gasteiger partial charge is 0.0141 e. The lowest BCUT2D eigenvalue weighted by Crippen LogP contribution is -2.54. The Balaban J connectivity index is 1.73. The first-order valence-corrected chi connectivity index (χ1v) is 8.79. The minimum atomic E-state index is 0.780. The van der Waals surface area contributed by atoms with Crippen LogP contribution in [0.15, 0.2) is 0 Å². The Bertz CT molecular complexity index is 291. The molecule has 0 radical (unpaired) electrons. The summed E-state index contributed by atoms with van der Waals surface area (Å²) in [5.74, 6) is 2.77. The molecular formula is C17H32N2. The number of likely N-dealkylation sites (tertiary alicyclic amines) is 1. The molecule has 1 aliphatic heterocycles. The van der Waals surface area contributed by atoms with Gasteiger partial charge in [-0.15, -0.1) is 0 Å². The fourth-order valence-corrected chi connectivity index (χ4v) is 5.25. The number of fused-ring (bicyclic) bond motifs is 1. The lowest BCUT2D eigenvalue weighted by molar-refractivity contribution is 0.00901. The Hall–Kier alpha value is -0.0800. The zero-order valence-corrected chi connectivity index (χ0v) is 12.7. The van der Waals surface area contributed by atoms with E-state index in [4.69, 9.17) is 5.73 Å². The molecule has 2 heteroatoms. The predicted molar refractivity (Wildman–Crippen MR) is 81.0 cm³/mol. The second-order valence-electron chi connectivity index (χ2n) is 7.29. The van der Waals surface area contributed by atoms with Crippen molar-refractivity contribution < 1.29 is 0 Å². The minimum Gasteiger partial charge on any atom is -0.330 e. The first kappa shape index (κ1) is 13.9. The van der Waals surface area contributed by atoms with Crippen LogP contribution in [-0.2, 0) is 0 Å². The Morgan fingerprint density at radius 1 is 1.00 bits per heavy atom. The molecule has 1 saturated heterocycles. The topological polar surface area (TPSA) is 29.3 Å². The van der Waals surface area contributed by atoms with Crippen molar-refractivity contribution >= 4 is 0 Å². The van der Waals surface area contributed by atoms with Crippen LogP contribution in [0, 0.1) is 17.8 Å². The standard InChI is InChI=1S/C17H32N2/c1-2-13-8-9-15(12-18)17(11-13)19-10-4-6-14-5-3-7-16(14)19/h13-17H,2-12,18H2,1H3. The summed E-state index contributed by atoms with van der Waals surface area (Å²) in [7, 11) is 0. The van der Waals surface area contributed by atoms with E-state index in [0.29, 0.717) is 0 Å². The Kier molecular flexibility index (Phi) is 4.48. The molecule has 1 heterocycles. The first-order valence-electron chi connectivity index (χ1n) is 8.79. The molecule has 2 aliphatic carbocycles. The predicted octanol–water partition coefficient (Wildman–Crippen LogP) is 3.40. The number of piperidine rings is 1. The Morgan fingerprint density at radius 3 is 2.63 bits per heavy atom. The van der Waals surface area contributed by atoms with Crippen LogP contribution in [0.4, 0.5) is 0 Å². The average molecular weight is 264 g/mol. The molecule has 5 atom stereocenters. The van der Waals surface area contributed by atoms with Crippen LogP contribution in [0.25, 0.3) is 0 Å². The molecule has 110 valence electrons. The van der Waals surface area contributed by atoms with Crippen LogP contribution in [0.5, 0.6) is 0 Å². The second-order valence-corrected chi connectivity index (χ2v) is 7.29. The van der Waals surface area contributed by atoms with Crippen LogP contribution in [-0.4, -0.2) is 30.1 Å². The van der Waals surface area contributed by atoms with E-state index in [1.54, 1.807) is 0 Å². The van der Waals surface area contributed by atoms with Gasteiger partial charge in [0.05, 0.1) is 0 Å². The highest BCUT2D eigenvalue weighted by Crippen LogP contribution is 2.42. The summed E-state index contributed by atoms with van der Waals surface area (Å²) in [4.78, 5) is 2.93. The van der Waals surface area contributed by atoms with Crippen molar-refractivity contribution in [3.8, 4) is 0 Å². The summed E-state index contributed by atoms with van der Waals surface area (Å²) in [6.45, 7) is 4.65. The molecule has 0 aromatic heterocycles. The number of nitrogens with zero attached hydrogens (tertiary/aromatic N) is 1. The molecule has 0 aromatic carbocycles. The van der Waals surface area contributed by atoms with Gasteiger partial charge in [0, 0.05) is 12.1 Å². The van der Waals surface area contributed by atoms with E-state index < -0.39 is 0 Å². The third kappa shape index (κ3) is 2.71. The lowest BCUT2D eigenvalue weighted by Gasteiger charge is -2.48. The molecule has 19 heavy (non-hydrogen) atoms. The largest absolute Gasteiger partial charge is 0.330 e. The molecule has 0 aromatic rings. The fraction of sp³-hybridized carbons (Fsp3) is 1.00. The van der Waals surface area contributed by atoms with E-state index in [-0.39, 0.29) is 0 Å². The van der Waals surface area contributed by atoms with Crippen LogP contribution in [0.3, 0.4) is 0 Å². The molecule has 5 unspecified atom stereocenters. The third-order valence-corrected chi connectivity index (χ3v) is 6.41. The Morgan fingerprint density at radius 2 is 1.84 bits per heavy atom.